The molecule has 0 fully saturated rings. The van der Waals surface area contributed by atoms with E-state index in [2.05, 4.69) is 15.0 Å². The van der Waals surface area contributed by atoms with Crippen molar-refractivity contribution >= 4 is 62.1 Å². The molecule has 11 heteroatoms. The van der Waals surface area contributed by atoms with Crippen LogP contribution in [0.25, 0.3) is 0 Å². The minimum atomic E-state index is -4.08. The van der Waals surface area contributed by atoms with E-state index in [0.717, 1.165) is 0 Å². The van der Waals surface area contributed by atoms with Crippen molar-refractivity contribution in [2.45, 2.75) is 4.90 Å². The molecule has 30 heavy (non-hydrogen) atoms. The summed E-state index contributed by atoms with van der Waals surface area (Å²) in [6.45, 7) is 0. The van der Waals surface area contributed by atoms with Gasteiger partial charge < -0.3 is 10.1 Å². The van der Waals surface area contributed by atoms with Gasteiger partial charge in [0.15, 0.2) is 0 Å². The van der Waals surface area contributed by atoms with Crippen LogP contribution in [0.1, 0.15) is 10.4 Å². The zero-order valence-electron chi connectivity index (χ0n) is 15.3. The van der Waals surface area contributed by atoms with E-state index < -0.39 is 15.9 Å². The second kappa shape index (κ2) is 9.09. The van der Waals surface area contributed by atoms with Crippen LogP contribution in [-0.2, 0) is 10.0 Å². The van der Waals surface area contributed by atoms with Crippen molar-refractivity contribution in [1.29, 1.82) is 0 Å². The van der Waals surface area contributed by atoms with Crippen molar-refractivity contribution in [3.05, 3.63) is 75.5 Å². The predicted octanol–water partition coefficient (Wildman–Crippen LogP) is 5.10. The Morgan fingerprint density at radius 1 is 1.03 bits per heavy atom. The summed E-state index contributed by atoms with van der Waals surface area (Å²) >= 11 is 17.7. The van der Waals surface area contributed by atoms with Gasteiger partial charge in [0.2, 0.25) is 0 Å². The number of sulfonamides is 1. The minimum Gasteiger partial charge on any atom is -0.495 e. The van der Waals surface area contributed by atoms with Gasteiger partial charge in [-0.3, -0.25) is 9.52 Å². The number of methoxy groups -OCH3 is 1. The van der Waals surface area contributed by atoms with Crippen molar-refractivity contribution < 1.29 is 17.9 Å². The standard InChI is InChI=1S/C19H14Cl3N3O4S/c1-29-16-7-6-12(24-19(26)11-8-14(21)18(22)23-10-11)9-17(16)30(27,28)25-15-5-3-2-4-13(15)20/h2-10,25H,1H3,(H,24,26). The van der Waals surface area contributed by atoms with Crippen LogP contribution in [0.4, 0.5) is 11.4 Å². The maximum Gasteiger partial charge on any atom is 0.265 e. The fraction of sp³-hybridized carbons (Fsp3) is 0.0526. The summed E-state index contributed by atoms with van der Waals surface area (Å²) in [6, 6.07) is 11.9. The number of carbonyl (C=O) groups is 1. The van der Waals surface area contributed by atoms with Gasteiger partial charge >= 0.3 is 0 Å². The molecule has 0 aliphatic carbocycles. The van der Waals surface area contributed by atoms with Gasteiger partial charge in [0, 0.05) is 11.9 Å². The van der Waals surface area contributed by atoms with Gasteiger partial charge in [-0.1, -0.05) is 46.9 Å². The monoisotopic (exact) mass is 485 g/mol. The predicted molar refractivity (Wildman–Crippen MR) is 117 cm³/mol. The Balaban J connectivity index is 1.92. The number of carbonyl (C=O) groups excluding carboxylic acids is 1. The van der Waals surface area contributed by atoms with Crippen LogP contribution in [0.2, 0.25) is 15.2 Å². The largest absolute Gasteiger partial charge is 0.495 e. The maximum atomic E-state index is 12.9. The Kier molecular flexibility index (Phi) is 6.72. The van der Waals surface area contributed by atoms with E-state index in [-0.39, 0.29) is 42.8 Å². The Morgan fingerprint density at radius 2 is 1.77 bits per heavy atom. The molecule has 0 bridgehead atoms. The van der Waals surface area contributed by atoms with Gasteiger partial charge in [-0.2, -0.15) is 0 Å². The van der Waals surface area contributed by atoms with Gasteiger partial charge in [0.25, 0.3) is 15.9 Å². The molecule has 3 aromatic rings. The summed E-state index contributed by atoms with van der Waals surface area (Å²) < 4.78 is 33.4. The molecular weight excluding hydrogens is 473 g/mol. The quantitative estimate of drug-likeness (QED) is 0.472. The molecule has 0 aliphatic heterocycles. The summed E-state index contributed by atoms with van der Waals surface area (Å²) in [6.07, 6.45) is 1.25. The van der Waals surface area contributed by atoms with E-state index >= 15 is 0 Å². The number of para-hydroxylation sites is 1. The second-order valence-corrected chi connectivity index (χ2v) is 8.72. The van der Waals surface area contributed by atoms with Gasteiger partial charge in [-0.25, -0.2) is 13.4 Å². The average molecular weight is 487 g/mol. The summed E-state index contributed by atoms with van der Waals surface area (Å²) in [5.41, 5.74) is 0.572. The first-order valence-corrected chi connectivity index (χ1v) is 10.9. The molecular formula is C19H14Cl3N3O4S. The van der Waals surface area contributed by atoms with Crippen LogP contribution >= 0.6 is 34.8 Å². The molecule has 7 nitrogen and oxygen atoms in total. The molecule has 1 amide bonds. The van der Waals surface area contributed by atoms with Gasteiger partial charge in [0.1, 0.15) is 15.8 Å². The van der Waals surface area contributed by atoms with Crippen molar-refractivity contribution in [3.63, 3.8) is 0 Å². The maximum absolute atomic E-state index is 12.9. The molecule has 0 radical (unpaired) electrons. The zero-order valence-corrected chi connectivity index (χ0v) is 18.4. The fourth-order valence-corrected chi connectivity index (χ4v) is 4.24. The number of amides is 1. The van der Waals surface area contributed by atoms with Crippen molar-refractivity contribution in [3.8, 4) is 5.75 Å². The molecule has 156 valence electrons. The molecule has 0 spiro atoms. The first kappa shape index (κ1) is 22.2. The molecule has 1 aromatic heterocycles. The summed E-state index contributed by atoms with van der Waals surface area (Å²) in [5, 5.41) is 3.01. The molecule has 0 saturated carbocycles. The topological polar surface area (TPSA) is 97.4 Å². The Morgan fingerprint density at radius 3 is 2.43 bits per heavy atom. The molecule has 0 unspecified atom stereocenters. The highest BCUT2D eigenvalue weighted by Crippen LogP contribution is 2.31. The molecule has 2 aromatic carbocycles. The number of nitrogens with one attached hydrogen (secondary N) is 2. The van der Waals surface area contributed by atoms with E-state index in [4.69, 9.17) is 39.5 Å². The molecule has 3 rings (SSSR count). The SMILES string of the molecule is COc1ccc(NC(=O)c2cnc(Cl)c(Cl)c2)cc1S(=O)(=O)Nc1ccccc1Cl. The number of benzene rings is 2. The highest BCUT2D eigenvalue weighted by atomic mass is 35.5. The highest BCUT2D eigenvalue weighted by Gasteiger charge is 2.22. The number of aromatic nitrogens is 1. The van der Waals surface area contributed by atoms with Crippen LogP contribution in [0.5, 0.6) is 5.75 Å². The lowest BCUT2D eigenvalue weighted by Crippen LogP contribution is -2.16. The normalized spacial score (nSPS) is 11.1. The van der Waals surface area contributed by atoms with Crippen LogP contribution in [-0.4, -0.2) is 26.4 Å². The second-order valence-electron chi connectivity index (χ2n) is 5.90. The number of hydrogen-bond acceptors (Lipinski definition) is 5. The Hall–Kier alpha value is -2.52. The number of rotatable bonds is 6. The van der Waals surface area contributed by atoms with E-state index in [9.17, 15) is 13.2 Å². The van der Waals surface area contributed by atoms with Crippen LogP contribution in [0.3, 0.4) is 0 Å². The lowest BCUT2D eigenvalue weighted by molar-refractivity contribution is 0.102. The smallest absolute Gasteiger partial charge is 0.265 e. The van der Waals surface area contributed by atoms with E-state index in [0.29, 0.717) is 0 Å². The number of hydrogen-bond donors (Lipinski definition) is 2. The summed E-state index contributed by atoms with van der Waals surface area (Å²) in [7, 11) is -2.74. The van der Waals surface area contributed by atoms with Gasteiger partial charge in [0.05, 0.1) is 28.4 Å². The number of nitrogens with zero attached hydrogens (tertiary/aromatic N) is 1. The third-order valence-corrected chi connectivity index (χ3v) is 6.29. The minimum absolute atomic E-state index is 0.0664. The van der Waals surface area contributed by atoms with Crippen LogP contribution < -0.4 is 14.8 Å². The van der Waals surface area contributed by atoms with Crippen LogP contribution in [0, 0.1) is 0 Å². The Labute approximate surface area is 188 Å². The lowest BCUT2D eigenvalue weighted by atomic mass is 10.2. The van der Waals surface area contributed by atoms with Crippen molar-refractivity contribution in [2.75, 3.05) is 17.1 Å². The van der Waals surface area contributed by atoms with Gasteiger partial charge in [-0.05, 0) is 36.4 Å². The third kappa shape index (κ3) is 4.96. The zero-order chi connectivity index (χ0) is 21.9. The van der Waals surface area contributed by atoms with E-state index in [1.807, 2.05) is 0 Å². The number of pyridine rings is 1. The van der Waals surface area contributed by atoms with Crippen LogP contribution in [0.15, 0.2) is 59.6 Å². The fourth-order valence-electron chi connectivity index (χ4n) is 2.46. The van der Waals surface area contributed by atoms with Crippen molar-refractivity contribution in [1.82, 2.24) is 4.98 Å². The molecule has 0 saturated heterocycles. The molecule has 0 aliphatic rings. The first-order chi connectivity index (χ1) is 14.2. The summed E-state index contributed by atoms with van der Waals surface area (Å²) in [4.78, 5) is 16.1. The van der Waals surface area contributed by atoms with E-state index in [1.165, 1.54) is 43.6 Å². The number of halogens is 3. The molecule has 1 heterocycles. The number of ether oxygens (including phenoxy) is 1. The molecule has 2 N–H and O–H groups in total. The molecule has 0 atom stereocenters. The lowest BCUT2D eigenvalue weighted by Gasteiger charge is -2.14. The first-order valence-electron chi connectivity index (χ1n) is 8.29. The Bertz CT molecular complexity index is 1220. The number of anilines is 2. The average Bonchev–Trinajstić information content (AvgIpc) is 2.71. The highest BCUT2D eigenvalue weighted by molar-refractivity contribution is 7.92. The third-order valence-electron chi connectivity index (χ3n) is 3.89. The van der Waals surface area contributed by atoms with Gasteiger partial charge in [-0.15, -0.1) is 0 Å². The van der Waals surface area contributed by atoms with Crippen molar-refractivity contribution in [2.24, 2.45) is 0 Å². The van der Waals surface area contributed by atoms with E-state index in [1.54, 1.807) is 18.2 Å². The summed E-state index contributed by atoms with van der Waals surface area (Å²) in [5.74, 6) is -0.461.